The number of pyridine rings is 2. The molecule has 164 valence electrons. The van der Waals surface area contributed by atoms with Crippen LogP contribution in [0.1, 0.15) is 46.1 Å². The van der Waals surface area contributed by atoms with Gasteiger partial charge in [-0.3, -0.25) is 9.78 Å². The zero-order valence-electron chi connectivity index (χ0n) is 16.2. The first-order chi connectivity index (χ1) is 15.1. The summed E-state index contributed by atoms with van der Waals surface area (Å²) >= 11 is 0. The lowest BCUT2D eigenvalue weighted by Crippen LogP contribution is -2.14. The van der Waals surface area contributed by atoms with Gasteiger partial charge in [0.2, 0.25) is 0 Å². The maximum absolute atomic E-state index is 13.3. The summed E-state index contributed by atoms with van der Waals surface area (Å²) < 4.78 is 40.9. The average Bonchev–Trinajstić information content (AvgIpc) is 3.49. The Hall–Kier alpha value is -4.09. The van der Waals surface area contributed by atoms with Gasteiger partial charge in [-0.2, -0.15) is 13.2 Å². The van der Waals surface area contributed by atoms with E-state index in [0.717, 1.165) is 29.8 Å². The van der Waals surface area contributed by atoms with E-state index in [9.17, 15) is 22.8 Å². The fourth-order valence-electron chi connectivity index (χ4n) is 3.00. The molecule has 1 aliphatic rings. The van der Waals surface area contributed by atoms with Gasteiger partial charge in [0.1, 0.15) is 12.0 Å². The lowest BCUT2D eigenvalue weighted by atomic mass is 10.1. The minimum atomic E-state index is -4.62. The number of nitrogens with zero attached hydrogens (tertiary/aromatic N) is 5. The van der Waals surface area contributed by atoms with Crippen molar-refractivity contribution in [3.63, 3.8) is 0 Å². The molecular weight excluding hydrogens is 429 g/mol. The largest absolute Gasteiger partial charge is 0.478 e. The Kier molecular flexibility index (Phi) is 5.20. The highest BCUT2D eigenvalue weighted by atomic mass is 19.4. The second-order valence-corrected chi connectivity index (χ2v) is 7.16. The number of carboxylic acid groups (broad SMARTS) is 1. The Balaban J connectivity index is 1.72. The summed E-state index contributed by atoms with van der Waals surface area (Å²) in [5.41, 5.74) is 4.72. The number of primary amides is 1. The van der Waals surface area contributed by atoms with Gasteiger partial charge in [0.15, 0.2) is 5.82 Å². The van der Waals surface area contributed by atoms with Crippen molar-refractivity contribution in [1.29, 1.82) is 0 Å². The van der Waals surface area contributed by atoms with E-state index in [-0.39, 0.29) is 34.0 Å². The van der Waals surface area contributed by atoms with Crippen molar-refractivity contribution >= 4 is 23.6 Å². The van der Waals surface area contributed by atoms with E-state index in [4.69, 9.17) is 10.8 Å². The van der Waals surface area contributed by atoms with Crippen molar-refractivity contribution in [2.75, 3.05) is 0 Å². The van der Waals surface area contributed by atoms with Crippen LogP contribution in [0.25, 0.3) is 23.2 Å². The number of carboxylic acids is 1. The molecule has 1 aliphatic carbocycles. The number of amides is 1. The summed E-state index contributed by atoms with van der Waals surface area (Å²) in [6.45, 7) is 0. The number of aromatic carboxylic acids is 1. The quantitative estimate of drug-likeness (QED) is 0.558. The summed E-state index contributed by atoms with van der Waals surface area (Å²) in [5, 5.41) is 13.2. The maximum atomic E-state index is 13.3. The molecule has 0 aromatic carbocycles. The lowest BCUT2D eigenvalue weighted by molar-refractivity contribution is -0.141. The molecule has 32 heavy (non-hydrogen) atoms. The van der Waals surface area contributed by atoms with Crippen molar-refractivity contribution in [1.82, 2.24) is 24.7 Å². The molecule has 0 radical (unpaired) electrons. The van der Waals surface area contributed by atoms with E-state index in [2.05, 4.69) is 20.1 Å². The highest BCUT2D eigenvalue weighted by Gasteiger charge is 2.35. The van der Waals surface area contributed by atoms with Crippen LogP contribution >= 0.6 is 0 Å². The summed E-state index contributed by atoms with van der Waals surface area (Å²) in [6, 6.07) is 3.60. The fraction of sp³-hybridized carbons (Fsp3) is 0.200. The van der Waals surface area contributed by atoms with Crippen LogP contribution in [0.15, 0.2) is 36.9 Å². The molecule has 0 atom stereocenters. The van der Waals surface area contributed by atoms with Gasteiger partial charge in [-0.1, -0.05) is 0 Å². The van der Waals surface area contributed by atoms with Crippen molar-refractivity contribution in [2.24, 2.45) is 5.73 Å². The van der Waals surface area contributed by atoms with Crippen LogP contribution in [0.4, 0.5) is 13.2 Å². The van der Waals surface area contributed by atoms with Gasteiger partial charge >= 0.3 is 12.1 Å². The van der Waals surface area contributed by atoms with Crippen LogP contribution in [0.5, 0.6) is 0 Å². The molecule has 3 heterocycles. The molecular formula is C20H15F3N6O3. The first-order valence-corrected chi connectivity index (χ1v) is 9.33. The summed E-state index contributed by atoms with van der Waals surface area (Å²) in [7, 11) is 0. The maximum Gasteiger partial charge on any atom is 0.433 e. The summed E-state index contributed by atoms with van der Waals surface area (Å²) in [6.07, 6.45) is 1.65. The molecule has 9 nitrogen and oxygen atoms in total. The average molecular weight is 444 g/mol. The van der Waals surface area contributed by atoms with Crippen molar-refractivity contribution in [3.8, 4) is 11.4 Å². The molecule has 0 spiro atoms. The van der Waals surface area contributed by atoms with E-state index >= 15 is 0 Å². The van der Waals surface area contributed by atoms with Gasteiger partial charge in [0.25, 0.3) is 5.91 Å². The van der Waals surface area contributed by atoms with E-state index in [1.807, 2.05) is 0 Å². The smallest absolute Gasteiger partial charge is 0.433 e. The normalized spacial score (nSPS) is 14.4. The number of rotatable bonds is 6. The predicted octanol–water partition coefficient (Wildman–Crippen LogP) is 2.81. The van der Waals surface area contributed by atoms with Crippen LogP contribution in [-0.4, -0.2) is 41.7 Å². The van der Waals surface area contributed by atoms with Gasteiger partial charge in [0, 0.05) is 41.3 Å². The van der Waals surface area contributed by atoms with Crippen LogP contribution < -0.4 is 5.73 Å². The molecule has 1 amide bonds. The van der Waals surface area contributed by atoms with Gasteiger partial charge in [-0.25, -0.2) is 19.4 Å². The number of halogens is 3. The number of nitrogens with two attached hydrogens (primary N) is 1. The van der Waals surface area contributed by atoms with Gasteiger partial charge < -0.3 is 10.8 Å². The molecule has 0 unspecified atom stereocenters. The minimum Gasteiger partial charge on any atom is -0.478 e. The lowest BCUT2D eigenvalue weighted by Gasteiger charge is -2.09. The third-order valence-corrected chi connectivity index (χ3v) is 4.72. The van der Waals surface area contributed by atoms with Gasteiger partial charge in [0.05, 0.1) is 11.1 Å². The Morgan fingerprint density at radius 3 is 2.50 bits per heavy atom. The Bertz CT molecular complexity index is 1250. The van der Waals surface area contributed by atoms with E-state index in [1.54, 1.807) is 0 Å². The Morgan fingerprint density at radius 2 is 1.88 bits per heavy atom. The van der Waals surface area contributed by atoms with Gasteiger partial charge in [-0.15, -0.1) is 5.10 Å². The summed E-state index contributed by atoms with van der Waals surface area (Å²) in [4.78, 5) is 34.6. The van der Waals surface area contributed by atoms with E-state index in [1.165, 1.54) is 30.9 Å². The molecule has 0 bridgehead atoms. The van der Waals surface area contributed by atoms with Crippen LogP contribution in [-0.2, 0) is 11.0 Å². The standard InChI is InChI=1S/C20H15F3N6O3/c21-20(22,23)16-5-11(4-15(27-16)10-1-2-10)18-26-9-29(28-18)8-14(17(24)30)12-3-13(19(31)32)7-25-6-12/h3-10H,1-2H2,(H2,24,30)(H,31,32). The Morgan fingerprint density at radius 1 is 1.16 bits per heavy atom. The van der Waals surface area contributed by atoms with Crippen molar-refractivity contribution in [3.05, 3.63) is 59.4 Å². The molecule has 1 saturated carbocycles. The van der Waals surface area contributed by atoms with Crippen LogP contribution in [0.3, 0.4) is 0 Å². The zero-order valence-corrected chi connectivity index (χ0v) is 16.2. The molecule has 1 fully saturated rings. The number of carbonyl (C=O) groups is 2. The monoisotopic (exact) mass is 444 g/mol. The van der Waals surface area contributed by atoms with Crippen LogP contribution in [0.2, 0.25) is 0 Å². The fourth-order valence-corrected chi connectivity index (χ4v) is 3.00. The number of hydrogen-bond donors (Lipinski definition) is 2. The second-order valence-electron chi connectivity index (χ2n) is 7.16. The first kappa shape index (κ1) is 21.2. The third kappa shape index (κ3) is 4.48. The van der Waals surface area contributed by atoms with Crippen molar-refractivity contribution < 1.29 is 27.9 Å². The highest BCUT2D eigenvalue weighted by molar-refractivity contribution is 6.22. The second kappa shape index (κ2) is 7.87. The van der Waals surface area contributed by atoms with Crippen LogP contribution in [0, 0.1) is 0 Å². The SMILES string of the molecule is NC(=O)C(=Cn1cnc(-c2cc(C3CC3)nc(C(F)(F)F)c2)n1)c1cncc(C(=O)O)c1. The Labute approximate surface area is 178 Å². The molecule has 3 N–H and O–H groups in total. The number of hydrogen-bond acceptors (Lipinski definition) is 6. The number of alkyl halides is 3. The third-order valence-electron chi connectivity index (χ3n) is 4.72. The highest BCUT2D eigenvalue weighted by Crippen LogP contribution is 2.41. The molecule has 0 saturated heterocycles. The zero-order chi connectivity index (χ0) is 23.0. The summed E-state index contributed by atoms with van der Waals surface area (Å²) in [5.74, 6) is -2.15. The van der Waals surface area contributed by atoms with E-state index in [0.29, 0.717) is 5.69 Å². The molecule has 3 aromatic heterocycles. The molecule has 4 rings (SSSR count). The minimum absolute atomic E-state index is 0.00252. The number of aromatic nitrogens is 5. The van der Waals surface area contributed by atoms with Crippen molar-refractivity contribution in [2.45, 2.75) is 24.9 Å². The molecule has 0 aliphatic heterocycles. The predicted molar refractivity (Wildman–Crippen MR) is 105 cm³/mol. The molecule has 3 aromatic rings. The first-order valence-electron chi connectivity index (χ1n) is 9.33. The molecule has 12 heteroatoms. The number of carbonyl (C=O) groups excluding carboxylic acids is 1. The van der Waals surface area contributed by atoms with E-state index < -0.39 is 23.7 Å². The van der Waals surface area contributed by atoms with Gasteiger partial charge in [-0.05, 0) is 31.0 Å². The topological polar surface area (TPSA) is 137 Å².